The molecular weight excluding hydrogens is 544 g/mol. The summed E-state index contributed by atoms with van der Waals surface area (Å²) in [5.74, 6) is 0.307. The van der Waals surface area contributed by atoms with Crippen LogP contribution in [-0.4, -0.2) is 67.6 Å². The van der Waals surface area contributed by atoms with E-state index in [1.807, 2.05) is 6.92 Å². The summed E-state index contributed by atoms with van der Waals surface area (Å²) in [5.41, 5.74) is 0.307. The first-order valence-electron chi connectivity index (χ1n) is 13.6. The number of anilines is 1. The van der Waals surface area contributed by atoms with Crippen LogP contribution in [0.15, 0.2) is 36.5 Å². The van der Waals surface area contributed by atoms with E-state index in [1.165, 1.54) is 22.9 Å². The van der Waals surface area contributed by atoms with E-state index >= 15 is 0 Å². The smallest absolute Gasteiger partial charge is 0.431 e. The van der Waals surface area contributed by atoms with Gasteiger partial charge >= 0.3 is 6.18 Å². The number of hydrogen-bond donors (Lipinski definition) is 1. The lowest BCUT2D eigenvalue weighted by Crippen LogP contribution is -2.54. The zero-order valence-corrected chi connectivity index (χ0v) is 24.2. The number of aromatic nitrogens is 2. The van der Waals surface area contributed by atoms with E-state index in [4.69, 9.17) is 14.2 Å². The molecule has 12 heteroatoms. The van der Waals surface area contributed by atoms with Gasteiger partial charge in [0.05, 0.1) is 30.3 Å². The lowest BCUT2D eigenvalue weighted by Gasteiger charge is -2.43. The van der Waals surface area contributed by atoms with Crippen LogP contribution >= 0.6 is 0 Å². The summed E-state index contributed by atoms with van der Waals surface area (Å²) in [4.78, 5) is 6.71. The molecule has 0 unspecified atom stereocenters. The average Bonchev–Trinajstić information content (AvgIpc) is 3.26. The normalized spacial score (nSPS) is 22.2. The summed E-state index contributed by atoms with van der Waals surface area (Å²) < 4.78 is 75.1. The highest BCUT2D eigenvalue weighted by Gasteiger charge is 2.39. The van der Waals surface area contributed by atoms with Crippen molar-refractivity contribution in [3.05, 3.63) is 53.6 Å². The predicted octanol–water partition coefficient (Wildman–Crippen LogP) is 6.14. The Morgan fingerprint density at radius 1 is 1.18 bits per heavy atom. The molecule has 4 heterocycles. The van der Waals surface area contributed by atoms with Crippen LogP contribution in [0.25, 0.3) is 10.9 Å². The van der Waals surface area contributed by atoms with Crippen molar-refractivity contribution in [2.45, 2.75) is 63.7 Å². The van der Waals surface area contributed by atoms with Crippen LogP contribution in [0.4, 0.5) is 23.4 Å². The van der Waals surface area contributed by atoms with Gasteiger partial charge in [-0.05, 0) is 31.2 Å². The highest BCUT2D eigenvalue weighted by molar-refractivity contribution is 6.76. The Morgan fingerprint density at radius 3 is 2.70 bits per heavy atom. The summed E-state index contributed by atoms with van der Waals surface area (Å²) in [6.07, 6.45) is -3.05. The molecule has 218 valence electrons. The maximum absolute atomic E-state index is 14.2. The standard InChI is InChI=1S/C28H36F4N4O3Si/c1-18-15-35(9-10-38-18)23-16-39-24-13-19(29)5-6-20(24)26(23)34-27-21-14-25(28(30,31)32)36(22(21)7-8-33-27)17-37-11-12-40(2,3)4/h5-8,13-14,18,23,26H,9-12,15-17H2,1-4H3,(H,33,34)/t18-,23+,26+/m1/s1. The maximum atomic E-state index is 14.2. The van der Waals surface area contributed by atoms with Crippen molar-refractivity contribution in [3.63, 3.8) is 0 Å². The first kappa shape index (κ1) is 28.8. The molecule has 0 spiro atoms. The minimum atomic E-state index is -4.58. The fourth-order valence-electron chi connectivity index (χ4n) is 5.36. The maximum Gasteiger partial charge on any atom is 0.431 e. The molecule has 1 saturated heterocycles. The third-order valence-electron chi connectivity index (χ3n) is 7.48. The fraction of sp³-hybridized carbons (Fsp3) is 0.536. The highest BCUT2D eigenvalue weighted by atomic mass is 28.3. The van der Waals surface area contributed by atoms with E-state index in [0.29, 0.717) is 48.8 Å². The molecule has 0 amide bonds. The van der Waals surface area contributed by atoms with E-state index in [1.54, 1.807) is 12.1 Å². The first-order valence-corrected chi connectivity index (χ1v) is 17.3. The van der Waals surface area contributed by atoms with Crippen molar-refractivity contribution < 1.29 is 31.8 Å². The van der Waals surface area contributed by atoms with Gasteiger partial charge in [-0.1, -0.05) is 25.7 Å². The Hall–Kier alpha value is -2.67. The molecule has 1 fully saturated rings. The van der Waals surface area contributed by atoms with Crippen molar-refractivity contribution in [1.82, 2.24) is 14.5 Å². The Bertz CT molecular complexity index is 1340. The van der Waals surface area contributed by atoms with Crippen LogP contribution in [0, 0.1) is 5.82 Å². The Kier molecular flexibility index (Phi) is 8.15. The van der Waals surface area contributed by atoms with Crippen LogP contribution < -0.4 is 10.1 Å². The molecule has 1 N–H and O–H groups in total. The molecular formula is C28H36F4N4O3Si. The van der Waals surface area contributed by atoms with Gasteiger partial charge in [0.1, 0.15) is 36.4 Å². The van der Waals surface area contributed by atoms with Gasteiger partial charge in [0.25, 0.3) is 0 Å². The van der Waals surface area contributed by atoms with E-state index in [2.05, 4.69) is 34.8 Å². The molecule has 2 aromatic heterocycles. The second-order valence-electron chi connectivity index (χ2n) is 11.8. The van der Waals surface area contributed by atoms with Gasteiger partial charge in [0.2, 0.25) is 0 Å². The Labute approximate surface area is 232 Å². The van der Waals surface area contributed by atoms with E-state index in [-0.39, 0.29) is 25.5 Å². The van der Waals surface area contributed by atoms with Crippen LogP contribution in [0.5, 0.6) is 5.75 Å². The molecule has 0 radical (unpaired) electrons. The van der Waals surface area contributed by atoms with E-state index in [9.17, 15) is 17.6 Å². The second-order valence-corrected chi connectivity index (χ2v) is 17.4. The van der Waals surface area contributed by atoms with Gasteiger partial charge in [0.15, 0.2) is 0 Å². The molecule has 2 aliphatic rings. The molecule has 0 aliphatic carbocycles. The largest absolute Gasteiger partial charge is 0.491 e. The number of benzene rings is 1. The zero-order chi connectivity index (χ0) is 28.7. The quantitative estimate of drug-likeness (QED) is 0.196. The first-order chi connectivity index (χ1) is 18.9. The lowest BCUT2D eigenvalue weighted by atomic mass is 9.94. The number of pyridine rings is 1. The van der Waals surface area contributed by atoms with Crippen molar-refractivity contribution in [1.29, 1.82) is 0 Å². The topological polar surface area (TPSA) is 60.8 Å². The number of morpholine rings is 1. The highest BCUT2D eigenvalue weighted by Crippen LogP contribution is 2.40. The van der Waals surface area contributed by atoms with Crippen LogP contribution in [0.1, 0.15) is 24.2 Å². The molecule has 0 saturated carbocycles. The van der Waals surface area contributed by atoms with Gasteiger partial charge in [-0.15, -0.1) is 0 Å². The van der Waals surface area contributed by atoms with Crippen molar-refractivity contribution in [2.24, 2.45) is 0 Å². The van der Waals surface area contributed by atoms with Gasteiger partial charge in [-0.25, -0.2) is 9.37 Å². The zero-order valence-electron chi connectivity index (χ0n) is 23.2. The molecule has 3 atom stereocenters. The lowest BCUT2D eigenvalue weighted by molar-refractivity contribution is -0.145. The van der Waals surface area contributed by atoms with Crippen LogP contribution in [0.2, 0.25) is 25.7 Å². The summed E-state index contributed by atoms with van der Waals surface area (Å²) in [5, 5.41) is 3.77. The number of ether oxygens (including phenoxy) is 3. The molecule has 7 nitrogen and oxygen atoms in total. The average molecular weight is 581 g/mol. The molecule has 1 aromatic carbocycles. The predicted molar refractivity (Wildman–Crippen MR) is 148 cm³/mol. The second kappa shape index (κ2) is 11.3. The number of hydrogen-bond acceptors (Lipinski definition) is 6. The van der Waals surface area contributed by atoms with Crippen molar-refractivity contribution in [3.8, 4) is 5.75 Å². The summed E-state index contributed by atoms with van der Waals surface area (Å²) in [6, 6.07) is 7.35. The number of alkyl halides is 3. The number of nitrogens with one attached hydrogen (secondary N) is 1. The summed E-state index contributed by atoms with van der Waals surface area (Å²) in [7, 11) is -1.40. The van der Waals surface area contributed by atoms with Gasteiger partial charge in [-0.3, -0.25) is 4.90 Å². The number of fused-ring (bicyclic) bond motifs is 2. The SMILES string of the molecule is C[C@@H]1CN([C@H]2COc3cc(F)ccc3[C@@H]2Nc2nccc3c2cc(C(F)(F)F)n3COCC[Si](C)(C)C)CCO1. The Morgan fingerprint density at radius 2 is 1.98 bits per heavy atom. The molecule has 0 bridgehead atoms. The van der Waals surface area contributed by atoms with Gasteiger partial charge in [0, 0.05) is 51.0 Å². The minimum Gasteiger partial charge on any atom is -0.491 e. The van der Waals surface area contributed by atoms with Gasteiger partial charge < -0.3 is 24.1 Å². The van der Waals surface area contributed by atoms with E-state index in [0.717, 1.165) is 17.7 Å². The summed E-state index contributed by atoms with van der Waals surface area (Å²) in [6.45, 7) is 11.0. The summed E-state index contributed by atoms with van der Waals surface area (Å²) >= 11 is 0. The van der Waals surface area contributed by atoms with Crippen molar-refractivity contribution in [2.75, 3.05) is 38.2 Å². The third-order valence-corrected chi connectivity index (χ3v) is 9.18. The van der Waals surface area contributed by atoms with Crippen LogP contribution in [-0.2, 0) is 22.4 Å². The van der Waals surface area contributed by atoms with E-state index < -0.39 is 31.8 Å². The fourth-order valence-corrected chi connectivity index (χ4v) is 6.12. The minimum absolute atomic E-state index is 0.0231. The monoisotopic (exact) mass is 580 g/mol. The Balaban J connectivity index is 1.51. The molecule has 40 heavy (non-hydrogen) atoms. The van der Waals surface area contributed by atoms with Crippen molar-refractivity contribution >= 4 is 24.8 Å². The molecule has 5 rings (SSSR count). The molecule has 2 aliphatic heterocycles. The van der Waals surface area contributed by atoms with Crippen LogP contribution in [0.3, 0.4) is 0 Å². The van der Waals surface area contributed by atoms with Gasteiger partial charge in [-0.2, -0.15) is 13.2 Å². The third kappa shape index (κ3) is 6.29. The number of nitrogens with zero attached hydrogens (tertiary/aromatic N) is 3. The number of halogens is 4. The number of rotatable bonds is 8. The molecule has 3 aromatic rings.